The summed E-state index contributed by atoms with van der Waals surface area (Å²) in [5, 5.41) is 3.01. The van der Waals surface area contributed by atoms with Gasteiger partial charge in [0, 0.05) is 32.1 Å². The van der Waals surface area contributed by atoms with E-state index < -0.39 is 11.7 Å². The fraction of sp³-hybridized carbons (Fsp3) is 0.435. The van der Waals surface area contributed by atoms with Crippen LogP contribution in [0.25, 0.3) is 0 Å². The predicted molar refractivity (Wildman–Crippen MR) is 107 cm³/mol. The average Bonchev–Trinajstić information content (AvgIpc) is 3.54. The second-order valence-electron chi connectivity index (χ2n) is 7.94. The highest BCUT2D eigenvalue weighted by Gasteiger charge is 2.44. The second-order valence-corrected chi connectivity index (χ2v) is 7.94. The Bertz CT molecular complexity index is 877. The lowest BCUT2D eigenvalue weighted by molar-refractivity contribution is -0.137. The molecule has 1 aliphatic carbocycles. The largest absolute Gasteiger partial charge is 0.416 e. The summed E-state index contributed by atoms with van der Waals surface area (Å²) in [5.41, 5.74) is 2.40. The van der Waals surface area contributed by atoms with E-state index >= 15 is 0 Å². The van der Waals surface area contributed by atoms with Crippen LogP contribution in [0.3, 0.4) is 0 Å². The number of hydrogen-bond acceptors (Lipinski definition) is 3. The fourth-order valence-electron chi connectivity index (χ4n) is 3.97. The van der Waals surface area contributed by atoms with Crippen LogP contribution in [0.2, 0.25) is 0 Å². The minimum absolute atomic E-state index is 0.00382. The summed E-state index contributed by atoms with van der Waals surface area (Å²) in [6.45, 7) is 4.57. The molecule has 1 heterocycles. The van der Waals surface area contributed by atoms with Crippen molar-refractivity contribution in [2.45, 2.75) is 31.6 Å². The third kappa shape index (κ3) is 5.02. The van der Waals surface area contributed by atoms with Crippen molar-refractivity contribution in [2.24, 2.45) is 5.92 Å². The molecule has 2 aromatic carbocycles. The molecule has 4 nitrogen and oxygen atoms in total. The van der Waals surface area contributed by atoms with Gasteiger partial charge in [0.25, 0.3) is 0 Å². The highest BCUT2D eigenvalue weighted by atomic mass is 19.4. The van der Waals surface area contributed by atoms with Gasteiger partial charge in [0.1, 0.15) is 0 Å². The van der Waals surface area contributed by atoms with Gasteiger partial charge in [0.2, 0.25) is 5.91 Å². The van der Waals surface area contributed by atoms with Gasteiger partial charge >= 0.3 is 6.18 Å². The maximum absolute atomic E-state index is 12.7. The third-order valence-corrected chi connectivity index (χ3v) is 5.86. The van der Waals surface area contributed by atoms with Crippen LogP contribution in [0.1, 0.15) is 34.6 Å². The van der Waals surface area contributed by atoms with Crippen LogP contribution in [0.15, 0.2) is 48.5 Å². The molecule has 1 amide bonds. The number of nitrogens with one attached hydrogen (secondary N) is 1. The number of carbonyl (C=O) groups excluding carboxylic acids is 1. The Kier molecular flexibility index (Phi) is 6.11. The second kappa shape index (κ2) is 8.78. The van der Waals surface area contributed by atoms with Crippen molar-refractivity contribution in [3.05, 3.63) is 70.8 Å². The van der Waals surface area contributed by atoms with Crippen LogP contribution in [0.5, 0.6) is 0 Å². The molecular weight excluding hydrogens is 393 g/mol. The van der Waals surface area contributed by atoms with Crippen LogP contribution < -0.4 is 5.32 Å². The topological polar surface area (TPSA) is 41.6 Å². The molecular formula is C23H25F3N2O2. The van der Waals surface area contributed by atoms with E-state index in [1.54, 1.807) is 0 Å². The van der Waals surface area contributed by atoms with Gasteiger partial charge in [-0.25, -0.2) is 0 Å². The van der Waals surface area contributed by atoms with E-state index in [2.05, 4.69) is 16.3 Å². The molecule has 0 radical (unpaired) electrons. The number of carbonyl (C=O) groups is 1. The van der Waals surface area contributed by atoms with E-state index in [4.69, 9.17) is 4.74 Å². The molecule has 2 atom stereocenters. The van der Waals surface area contributed by atoms with Crippen LogP contribution >= 0.6 is 0 Å². The molecule has 2 aromatic rings. The average molecular weight is 418 g/mol. The van der Waals surface area contributed by atoms with Gasteiger partial charge < -0.3 is 10.1 Å². The lowest BCUT2D eigenvalue weighted by Gasteiger charge is -2.27. The summed E-state index contributed by atoms with van der Waals surface area (Å²) in [4.78, 5) is 14.9. The Morgan fingerprint density at radius 3 is 2.37 bits per heavy atom. The highest BCUT2D eigenvalue weighted by molar-refractivity contribution is 5.82. The number of morpholine rings is 1. The maximum atomic E-state index is 12.7. The molecule has 4 rings (SSSR count). The number of nitrogens with zero attached hydrogens (tertiary/aromatic N) is 1. The number of amides is 1. The Morgan fingerprint density at radius 1 is 1.03 bits per heavy atom. The summed E-state index contributed by atoms with van der Waals surface area (Å²) in [7, 11) is 0. The van der Waals surface area contributed by atoms with Crippen LogP contribution in [-0.4, -0.2) is 37.1 Å². The van der Waals surface area contributed by atoms with E-state index in [-0.39, 0.29) is 17.7 Å². The predicted octanol–water partition coefficient (Wildman–Crippen LogP) is 3.96. The molecule has 30 heavy (non-hydrogen) atoms. The normalized spacial score (nSPS) is 22.0. The number of rotatable bonds is 6. The van der Waals surface area contributed by atoms with Crippen LogP contribution in [0, 0.1) is 5.92 Å². The Hall–Kier alpha value is -2.38. The van der Waals surface area contributed by atoms with E-state index in [1.807, 2.05) is 18.2 Å². The molecule has 2 fully saturated rings. The molecule has 1 saturated heterocycles. The first kappa shape index (κ1) is 20.9. The molecule has 0 aromatic heterocycles. The van der Waals surface area contributed by atoms with Gasteiger partial charge in [-0.15, -0.1) is 0 Å². The van der Waals surface area contributed by atoms with Gasteiger partial charge in [-0.05, 0) is 41.2 Å². The zero-order valence-electron chi connectivity index (χ0n) is 16.6. The first-order valence-electron chi connectivity index (χ1n) is 10.2. The Labute approximate surface area is 174 Å². The quantitative estimate of drug-likeness (QED) is 0.772. The van der Waals surface area contributed by atoms with Crippen molar-refractivity contribution in [3.8, 4) is 0 Å². The molecule has 2 aliphatic rings. The van der Waals surface area contributed by atoms with Gasteiger partial charge in [-0.3, -0.25) is 9.69 Å². The summed E-state index contributed by atoms with van der Waals surface area (Å²) >= 11 is 0. The summed E-state index contributed by atoms with van der Waals surface area (Å²) in [5.74, 6) is -0.218. The number of ether oxygens (including phenoxy) is 1. The first-order chi connectivity index (χ1) is 14.4. The number of benzene rings is 2. The van der Waals surface area contributed by atoms with Gasteiger partial charge in [0.15, 0.2) is 0 Å². The van der Waals surface area contributed by atoms with Gasteiger partial charge in [-0.2, -0.15) is 13.2 Å². The molecule has 0 bridgehead atoms. The molecule has 160 valence electrons. The molecule has 7 heteroatoms. The smallest absolute Gasteiger partial charge is 0.379 e. The number of halogens is 3. The minimum Gasteiger partial charge on any atom is -0.379 e. The van der Waals surface area contributed by atoms with E-state index in [1.165, 1.54) is 17.7 Å². The maximum Gasteiger partial charge on any atom is 0.416 e. The van der Waals surface area contributed by atoms with Crippen molar-refractivity contribution >= 4 is 5.91 Å². The highest BCUT2D eigenvalue weighted by Crippen LogP contribution is 2.48. The third-order valence-electron chi connectivity index (χ3n) is 5.86. The van der Waals surface area contributed by atoms with Crippen molar-refractivity contribution < 1.29 is 22.7 Å². The number of alkyl halides is 3. The van der Waals surface area contributed by atoms with Gasteiger partial charge in [-0.1, -0.05) is 36.4 Å². The molecule has 1 aliphatic heterocycles. The van der Waals surface area contributed by atoms with E-state index in [0.29, 0.717) is 13.0 Å². The zero-order valence-corrected chi connectivity index (χ0v) is 16.6. The minimum atomic E-state index is -4.34. The van der Waals surface area contributed by atoms with Crippen LogP contribution in [0.4, 0.5) is 13.2 Å². The van der Waals surface area contributed by atoms with Gasteiger partial charge in [0.05, 0.1) is 18.8 Å². The lowest BCUT2D eigenvalue weighted by atomic mass is 10.1. The van der Waals surface area contributed by atoms with Crippen molar-refractivity contribution in [1.29, 1.82) is 0 Å². The summed E-state index contributed by atoms with van der Waals surface area (Å²) < 4.78 is 43.5. The van der Waals surface area contributed by atoms with E-state index in [9.17, 15) is 18.0 Å². The SMILES string of the molecule is O=C(NCc1ccccc1CN1CCOCC1)C1CC1c1ccc(C(F)(F)F)cc1. The summed E-state index contributed by atoms with van der Waals surface area (Å²) in [6, 6.07) is 13.2. The molecule has 2 unspecified atom stereocenters. The standard InChI is InChI=1S/C23H25F3N2O2/c24-23(25,26)19-7-5-16(6-8-19)20-13-21(20)22(29)27-14-17-3-1-2-4-18(17)15-28-9-11-30-12-10-28/h1-8,20-21H,9-15H2,(H,27,29). The molecule has 1 saturated carbocycles. The fourth-order valence-corrected chi connectivity index (χ4v) is 3.97. The van der Waals surface area contributed by atoms with Crippen molar-refractivity contribution in [2.75, 3.05) is 26.3 Å². The van der Waals surface area contributed by atoms with E-state index in [0.717, 1.165) is 56.1 Å². The monoisotopic (exact) mass is 418 g/mol. The zero-order chi connectivity index (χ0) is 21.1. The van der Waals surface area contributed by atoms with Crippen molar-refractivity contribution in [1.82, 2.24) is 10.2 Å². The Morgan fingerprint density at radius 2 is 1.70 bits per heavy atom. The lowest BCUT2D eigenvalue weighted by Crippen LogP contribution is -2.36. The van der Waals surface area contributed by atoms with Crippen molar-refractivity contribution in [3.63, 3.8) is 0 Å². The Balaban J connectivity index is 1.31. The molecule has 0 spiro atoms. The first-order valence-corrected chi connectivity index (χ1v) is 10.2. The number of hydrogen-bond donors (Lipinski definition) is 1. The van der Waals surface area contributed by atoms with Crippen LogP contribution in [-0.2, 0) is 28.8 Å². The molecule has 1 N–H and O–H groups in total. The summed E-state index contributed by atoms with van der Waals surface area (Å²) in [6.07, 6.45) is -3.67.